The Morgan fingerprint density at radius 3 is 2.57 bits per heavy atom. The van der Waals surface area contributed by atoms with E-state index < -0.39 is 15.9 Å². The zero-order chi connectivity index (χ0) is 21.0. The van der Waals surface area contributed by atoms with E-state index in [9.17, 15) is 13.2 Å². The Labute approximate surface area is 176 Å². The number of carbonyl (C=O) groups excluding carboxylic acids is 1. The van der Waals surface area contributed by atoms with Crippen LogP contribution in [-0.4, -0.2) is 36.7 Å². The minimum Gasteiger partial charge on any atom is -0.321 e. The van der Waals surface area contributed by atoms with E-state index in [0.717, 1.165) is 35.7 Å². The number of amides is 1. The van der Waals surface area contributed by atoms with Crippen molar-refractivity contribution in [2.45, 2.75) is 24.2 Å². The highest BCUT2D eigenvalue weighted by Gasteiger charge is 2.28. The molecule has 1 amide bonds. The number of hydrogen-bond donors (Lipinski definition) is 1. The maximum atomic E-state index is 13.1. The molecule has 0 spiro atoms. The van der Waals surface area contributed by atoms with Gasteiger partial charge in [0.25, 0.3) is 0 Å². The molecule has 1 aliphatic rings. The topological polar surface area (TPSA) is 79.4 Å². The van der Waals surface area contributed by atoms with Gasteiger partial charge in [0, 0.05) is 36.3 Å². The second-order valence-electron chi connectivity index (χ2n) is 7.21. The number of para-hydroxylation sites is 2. The molecule has 1 N–H and O–H groups in total. The summed E-state index contributed by atoms with van der Waals surface area (Å²) in [6.45, 7) is 1.02. The highest BCUT2D eigenvalue weighted by Crippen LogP contribution is 2.27. The van der Waals surface area contributed by atoms with E-state index in [4.69, 9.17) is 0 Å². The molecule has 0 radical (unpaired) electrons. The van der Waals surface area contributed by atoms with Crippen LogP contribution in [0.15, 0.2) is 71.8 Å². The van der Waals surface area contributed by atoms with E-state index in [1.54, 1.807) is 30.5 Å². The van der Waals surface area contributed by atoms with Gasteiger partial charge in [0.2, 0.25) is 15.9 Å². The van der Waals surface area contributed by atoms with Crippen LogP contribution in [0.4, 0.5) is 5.69 Å². The smallest absolute Gasteiger partial charge is 0.248 e. The van der Waals surface area contributed by atoms with Crippen LogP contribution in [0.5, 0.6) is 0 Å². The third kappa shape index (κ3) is 4.27. The zero-order valence-corrected chi connectivity index (χ0v) is 17.3. The predicted octanol–water partition coefficient (Wildman–Crippen LogP) is 4.06. The first kappa shape index (κ1) is 20.3. The summed E-state index contributed by atoms with van der Waals surface area (Å²) in [4.78, 5) is 17.0. The molecule has 3 aromatic rings. The molecule has 6 nitrogen and oxygen atoms in total. The lowest BCUT2D eigenvalue weighted by Gasteiger charge is -2.26. The van der Waals surface area contributed by atoms with E-state index >= 15 is 0 Å². The van der Waals surface area contributed by atoms with Gasteiger partial charge in [-0.05, 0) is 37.1 Å². The van der Waals surface area contributed by atoms with Crippen molar-refractivity contribution in [3.8, 4) is 0 Å². The van der Waals surface area contributed by atoms with Gasteiger partial charge in [0.05, 0.1) is 11.2 Å². The van der Waals surface area contributed by atoms with Crippen LogP contribution in [0, 0.1) is 0 Å². The van der Waals surface area contributed by atoms with Crippen molar-refractivity contribution < 1.29 is 13.2 Å². The second-order valence-corrected chi connectivity index (χ2v) is 9.11. The number of pyridine rings is 1. The summed E-state index contributed by atoms with van der Waals surface area (Å²) in [5.41, 5.74) is 1.91. The van der Waals surface area contributed by atoms with Crippen molar-refractivity contribution in [3.05, 3.63) is 72.4 Å². The molecule has 1 aromatic heterocycles. The van der Waals surface area contributed by atoms with Gasteiger partial charge < -0.3 is 5.32 Å². The number of piperidine rings is 1. The average molecular weight is 422 g/mol. The number of rotatable bonds is 5. The highest BCUT2D eigenvalue weighted by molar-refractivity contribution is 7.89. The second kappa shape index (κ2) is 8.77. The fraction of sp³-hybridized carbons (Fsp3) is 0.217. The van der Waals surface area contributed by atoms with Crippen LogP contribution in [0.25, 0.3) is 17.0 Å². The molecular formula is C23H23N3O3S. The number of benzene rings is 2. The summed E-state index contributed by atoms with van der Waals surface area (Å²) >= 11 is 0. The van der Waals surface area contributed by atoms with E-state index in [-0.39, 0.29) is 10.6 Å². The molecule has 2 aromatic carbocycles. The van der Waals surface area contributed by atoms with Gasteiger partial charge in [0.1, 0.15) is 4.90 Å². The number of nitrogens with one attached hydrogen (secondary N) is 1. The average Bonchev–Trinajstić information content (AvgIpc) is 2.78. The zero-order valence-electron chi connectivity index (χ0n) is 16.5. The Kier molecular flexibility index (Phi) is 5.92. The minimum absolute atomic E-state index is 0.125. The summed E-state index contributed by atoms with van der Waals surface area (Å²) in [6.07, 6.45) is 7.55. The van der Waals surface area contributed by atoms with Crippen LogP contribution >= 0.6 is 0 Å². The Balaban J connectivity index is 1.56. The first-order valence-corrected chi connectivity index (χ1v) is 11.4. The standard InChI is InChI=1S/C23H23N3O3S/c27-22(14-13-19-9-6-8-18-10-7-15-24-23(18)19)25-20-11-2-3-12-21(20)30(28,29)26-16-4-1-5-17-26/h2-3,6-15H,1,4-5,16-17H2,(H,25,27)/b14-13+. The van der Waals surface area contributed by atoms with Crippen LogP contribution in [0.2, 0.25) is 0 Å². The SMILES string of the molecule is O=C(/C=C/c1cccc2cccnc12)Nc1ccccc1S(=O)(=O)N1CCCCC1. The lowest BCUT2D eigenvalue weighted by molar-refractivity contribution is -0.111. The third-order valence-electron chi connectivity index (χ3n) is 5.16. The first-order valence-electron chi connectivity index (χ1n) is 9.98. The number of anilines is 1. The molecule has 1 fully saturated rings. The van der Waals surface area contributed by atoms with Crippen molar-refractivity contribution in [1.29, 1.82) is 0 Å². The number of hydrogen-bond acceptors (Lipinski definition) is 4. The van der Waals surface area contributed by atoms with E-state index in [1.807, 2.05) is 30.3 Å². The molecule has 7 heteroatoms. The Hall–Kier alpha value is -3.03. The minimum atomic E-state index is -3.65. The van der Waals surface area contributed by atoms with E-state index in [1.165, 1.54) is 16.4 Å². The van der Waals surface area contributed by atoms with E-state index in [2.05, 4.69) is 10.3 Å². The summed E-state index contributed by atoms with van der Waals surface area (Å²) in [7, 11) is -3.65. The maximum absolute atomic E-state index is 13.1. The summed E-state index contributed by atoms with van der Waals surface area (Å²) in [6, 6.07) is 16.1. The molecule has 0 unspecified atom stereocenters. The third-order valence-corrected chi connectivity index (χ3v) is 7.11. The van der Waals surface area contributed by atoms with Crippen molar-refractivity contribution in [2.24, 2.45) is 0 Å². The number of nitrogens with zero attached hydrogens (tertiary/aromatic N) is 2. The van der Waals surface area contributed by atoms with Gasteiger partial charge in [-0.25, -0.2) is 8.42 Å². The summed E-state index contributed by atoms with van der Waals surface area (Å²) < 4.78 is 27.6. The van der Waals surface area contributed by atoms with Gasteiger partial charge in [-0.15, -0.1) is 0 Å². The molecule has 0 bridgehead atoms. The Morgan fingerprint density at radius 2 is 1.73 bits per heavy atom. The van der Waals surface area contributed by atoms with E-state index in [0.29, 0.717) is 13.1 Å². The van der Waals surface area contributed by atoms with Crippen molar-refractivity contribution in [1.82, 2.24) is 9.29 Å². The van der Waals surface area contributed by atoms with Crippen molar-refractivity contribution >= 4 is 38.6 Å². The lowest BCUT2D eigenvalue weighted by Crippen LogP contribution is -2.36. The molecule has 0 saturated carbocycles. The summed E-state index contributed by atoms with van der Waals surface area (Å²) in [5, 5.41) is 3.71. The number of carbonyl (C=O) groups is 1. The molecule has 2 heterocycles. The highest BCUT2D eigenvalue weighted by atomic mass is 32.2. The molecule has 1 aliphatic heterocycles. The van der Waals surface area contributed by atoms with Gasteiger partial charge in [0.15, 0.2) is 0 Å². The van der Waals surface area contributed by atoms with Crippen molar-refractivity contribution in [3.63, 3.8) is 0 Å². The predicted molar refractivity (Wildman–Crippen MR) is 118 cm³/mol. The van der Waals surface area contributed by atoms with Crippen molar-refractivity contribution in [2.75, 3.05) is 18.4 Å². The first-order chi connectivity index (χ1) is 14.6. The van der Waals surface area contributed by atoms with Gasteiger partial charge >= 0.3 is 0 Å². The lowest BCUT2D eigenvalue weighted by atomic mass is 10.1. The normalized spacial score (nSPS) is 15.5. The molecule has 154 valence electrons. The van der Waals surface area contributed by atoms with Crippen LogP contribution < -0.4 is 5.32 Å². The maximum Gasteiger partial charge on any atom is 0.248 e. The largest absolute Gasteiger partial charge is 0.321 e. The quantitative estimate of drug-likeness (QED) is 0.630. The van der Waals surface area contributed by atoms with Crippen LogP contribution in [0.1, 0.15) is 24.8 Å². The fourth-order valence-electron chi connectivity index (χ4n) is 3.64. The van der Waals surface area contributed by atoms with Gasteiger partial charge in [-0.2, -0.15) is 4.31 Å². The number of aromatic nitrogens is 1. The molecule has 0 atom stereocenters. The number of fused-ring (bicyclic) bond motifs is 1. The van der Waals surface area contributed by atoms with Gasteiger partial charge in [-0.3, -0.25) is 9.78 Å². The summed E-state index contributed by atoms with van der Waals surface area (Å²) in [5.74, 6) is -0.399. The number of sulfonamides is 1. The van der Waals surface area contributed by atoms with Crippen LogP contribution in [-0.2, 0) is 14.8 Å². The molecule has 0 aliphatic carbocycles. The Morgan fingerprint density at radius 1 is 0.967 bits per heavy atom. The molecule has 1 saturated heterocycles. The van der Waals surface area contributed by atoms with Crippen LogP contribution in [0.3, 0.4) is 0 Å². The molecule has 4 rings (SSSR count). The molecule has 30 heavy (non-hydrogen) atoms. The Bertz CT molecular complexity index is 1190. The van der Waals surface area contributed by atoms with Gasteiger partial charge in [-0.1, -0.05) is 42.8 Å². The fourth-order valence-corrected chi connectivity index (χ4v) is 5.31. The molecular weight excluding hydrogens is 398 g/mol. The monoisotopic (exact) mass is 421 g/mol.